The summed E-state index contributed by atoms with van der Waals surface area (Å²) in [5, 5.41) is 5.81. The van der Waals surface area contributed by atoms with Gasteiger partial charge in [-0.05, 0) is 18.1 Å². The Bertz CT molecular complexity index is 175. The zero-order chi connectivity index (χ0) is 9.68. The van der Waals surface area contributed by atoms with E-state index in [9.17, 15) is 4.79 Å². The minimum Gasteiger partial charge on any atom is -0.338 e. The van der Waals surface area contributed by atoms with Crippen LogP contribution in [0.4, 0.5) is 4.79 Å². The van der Waals surface area contributed by atoms with Crippen LogP contribution in [0, 0.1) is 5.92 Å². The van der Waals surface area contributed by atoms with Gasteiger partial charge in [0.15, 0.2) is 0 Å². The fraction of sp³-hybridized carbons (Fsp3) is 0.889. The Balaban J connectivity index is 2.19. The first kappa shape index (κ1) is 10.7. The van der Waals surface area contributed by atoms with E-state index in [0.29, 0.717) is 12.0 Å². The summed E-state index contributed by atoms with van der Waals surface area (Å²) >= 11 is 1.91. The number of nitrogens with one attached hydrogen (secondary N) is 2. The second-order valence-electron chi connectivity index (χ2n) is 3.52. The number of urea groups is 1. The summed E-state index contributed by atoms with van der Waals surface area (Å²) in [6.07, 6.45) is 0.988. The molecule has 0 aromatic rings. The fourth-order valence-corrected chi connectivity index (χ4v) is 2.71. The van der Waals surface area contributed by atoms with Crippen LogP contribution >= 0.6 is 11.8 Å². The molecule has 0 saturated carbocycles. The molecule has 1 rings (SSSR count). The van der Waals surface area contributed by atoms with E-state index in [1.165, 1.54) is 5.75 Å². The van der Waals surface area contributed by atoms with Gasteiger partial charge < -0.3 is 10.6 Å². The van der Waals surface area contributed by atoms with Crippen LogP contribution < -0.4 is 10.6 Å². The van der Waals surface area contributed by atoms with E-state index in [-0.39, 0.29) is 6.03 Å². The van der Waals surface area contributed by atoms with Crippen LogP contribution in [0.15, 0.2) is 0 Å². The monoisotopic (exact) mass is 202 g/mol. The molecule has 1 fully saturated rings. The van der Waals surface area contributed by atoms with Gasteiger partial charge >= 0.3 is 6.03 Å². The van der Waals surface area contributed by atoms with Crippen LogP contribution in [-0.2, 0) is 0 Å². The van der Waals surface area contributed by atoms with Crippen molar-refractivity contribution in [1.82, 2.24) is 10.6 Å². The molecule has 1 heterocycles. The summed E-state index contributed by atoms with van der Waals surface area (Å²) < 4.78 is 0. The predicted octanol–water partition coefficient (Wildman–Crippen LogP) is 1.45. The predicted molar refractivity (Wildman–Crippen MR) is 57.1 cm³/mol. The molecule has 0 aromatic carbocycles. The van der Waals surface area contributed by atoms with Gasteiger partial charge in [-0.1, -0.05) is 13.8 Å². The molecule has 76 valence electrons. The highest BCUT2D eigenvalue weighted by Crippen LogP contribution is 2.23. The van der Waals surface area contributed by atoms with Crippen LogP contribution in [0.5, 0.6) is 0 Å². The van der Waals surface area contributed by atoms with Crippen molar-refractivity contribution in [1.29, 1.82) is 0 Å². The maximum Gasteiger partial charge on any atom is 0.315 e. The van der Waals surface area contributed by atoms with Crippen molar-refractivity contribution in [3.63, 3.8) is 0 Å². The van der Waals surface area contributed by atoms with Crippen molar-refractivity contribution in [2.45, 2.75) is 26.3 Å². The molecule has 0 aliphatic carbocycles. The van der Waals surface area contributed by atoms with Crippen LogP contribution in [0.2, 0.25) is 0 Å². The summed E-state index contributed by atoms with van der Waals surface area (Å²) in [6.45, 7) is 5.00. The number of carbonyl (C=O) groups is 1. The maximum absolute atomic E-state index is 11.3. The average molecular weight is 202 g/mol. The zero-order valence-electron chi connectivity index (χ0n) is 8.30. The highest BCUT2D eigenvalue weighted by atomic mass is 32.2. The summed E-state index contributed by atoms with van der Waals surface area (Å²) in [7, 11) is 0. The van der Waals surface area contributed by atoms with Crippen molar-refractivity contribution >= 4 is 17.8 Å². The normalized spacial score (nSPS) is 27.2. The molecule has 1 saturated heterocycles. The highest BCUT2D eigenvalue weighted by Gasteiger charge is 2.24. The molecular weight excluding hydrogens is 184 g/mol. The molecule has 1 aliphatic rings. The Labute approximate surface area is 84.0 Å². The first-order valence-corrected chi connectivity index (χ1v) is 6.01. The molecule has 2 amide bonds. The molecule has 2 atom stereocenters. The molecular formula is C9H18N2OS. The SMILES string of the molecule is CCCNC(=O)NC1CSCC1C. The van der Waals surface area contributed by atoms with Crippen LogP contribution in [0.1, 0.15) is 20.3 Å². The molecule has 0 aromatic heterocycles. The number of hydrogen-bond donors (Lipinski definition) is 2. The second-order valence-corrected chi connectivity index (χ2v) is 4.60. The standard InChI is InChI=1S/C9H18N2OS/c1-3-4-10-9(12)11-8-6-13-5-7(8)2/h7-8H,3-6H2,1-2H3,(H2,10,11,12). The maximum atomic E-state index is 11.3. The molecule has 1 aliphatic heterocycles. The third kappa shape index (κ3) is 3.46. The summed E-state index contributed by atoms with van der Waals surface area (Å²) in [5.41, 5.74) is 0. The lowest BCUT2D eigenvalue weighted by atomic mass is 10.1. The van der Waals surface area contributed by atoms with E-state index in [1.807, 2.05) is 18.7 Å². The largest absolute Gasteiger partial charge is 0.338 e. The Kier molecular flexibility index (Phi) is 4.42. The van der Waals surface area contributed by atoms with Crippen molar-refractivity contribution in [3.8, 4) is 0 Å². The fourth-order valence-electron chi connectivity index (χ4n) is 1.30. The first-order chi connectivity index (χ1) is 6.24. The number of thioether (sulfide) groups is 1. The van der Waals surface area contributed by atoms with Gasteiger partial charge in [0.05, 0.1) is 0 Å². The quantitative estimate of drug-likeness (QED) is 0.727. The summed E-state index contributed by atoms with van der Waals surface area (Å²) in [4.78, 5) is 11.3. The lowest BCUT2D eigenvalue weighted by Crippen LogP contribution is -2.44. The third-order valence-corrected chi connectivity index (χ3v) is 3.57. The molecule has 0 spiro atoms. The summed E-state index contributed by atoms with van der Waals surface area (Å²) in [6, 6.07) is 0.350. The van der Waals surface area contributed by atoms with Gasteiger partial charge in [0.2, 0.25) is 0 Å². The van der Waals surface area contributed by atoms with Gasteiger partial charge in [-0.25, -0.2) is 4.79 Å². The van der Waals surface area contributed by atoms with Crippen LogP contribution in [0.3, 0.4) is 0 Å². The minimum absolute atomic E-state index is 0.0128. The average Bonchev–Trinajstić information content (AvgIpc) is 2.48. The van der Waals surface area contributed by atoms with E-state index in [2.05, 4.69) is 17.6 Å². The Morgan fingerprint density at radius 3 is 2.85 bits per heavy atom. The number of carbonyl (C=O) groups excluding carboxylic acids is 1. The molecule has 0 bridgehead atoms. The van der Waals surface area contributed by atoms with Crippen molar-refractivity contribution in [3.05, 3.63) is 0 Å². The van der Waals surface area contributed by atoms with Gasteiger partial charge in [0.1, 0.15) is 0 Å². The Morgan fingerprint density at radius 1 is 1.54 bits per heavy atom. The lowest BCUT2D eigenvalue weighted by molar-refractivity contribution is 0.235. The molecule has 2 unspecified atom stereocenters. The van der Waals surface area contributed by atoms with E-state index in [0.717, 1.165) is 18.7 Å². The molecule has 2 N–H and O–H groups in total. The lowest BCUT2D eigenvalue weighted by Gasteiger charge is -2.16. The third-order valence-electron chi connectivity index (χ3n) is 2.22. The van der Waals surface area contributed by atoms with Gasteiger partial charge in [-0.2, -0.15) is 11.8 Å². The van der Waals surface area contributed by atoms with E-state index >= 15 is 0 Å². The first-order valence-electron chi connectivity index (χ1n) is 4.86. The number of hydrogen-bond acceptors (Lipinski definition) is 2. The smallest absolute Gasteiger partial charge is 0.315 e. The van der Waals surface area contributed by atoms with Crippen LogP contribution in [0.25, 0.3) is 0 Å². The van der Waals surface area contributed by atoms with Gasteiger partial charge in [0, 0.05) is 18.3 Å². The number of amides is 2. The molecule has 3 nitrogen and oxygen atoms in total. The Hall–Kier alpha value is -0.380. The van der Waals surface area contributed by atoms with Crippen molar-refractivity contribution in [2.24, 2.45) is 5.92 Å². The molecule has 4 heteroatoms. The van der Waals surface area contributed by atoms with E-state index in [1.54, 1.807) is 0 Å². The van der Waals surface area contributed by atoms with Crippen molar-refractivity contribution in [2.75, 3.05) is 18.1 Å². The van der Waals surface area contributed by atoms with Crippen molar-refractivity contribution < 1.29 is 4.79 Å². The zero-order valence-corrected chi connectivity index (χ0v) is 9.12. The van der Waals surface area contributed by atoms with Gasteiger partial charge in [-0.15, -0.1) is 0 Å². The minimum atomic E-state index is -0.0128. The van der Waals surface area contributed by atoms with E-state index < -0.39 is 0 Å². The van der Waals surface area contributed by atoms with Gasteiger partial charge in [0.25, 0.3) is 0 Å². The van der Waals surface area contributed by atoms with E-state index in [4.69, 9.17) is 0 Å². The Morgan fingerprint density at radius 2 is 2.31 bits per heavy atom. The summed E-state index contributed by atoms with van der Waals surface area (Å²) in [5.74, 6) is 2.83. The number of rotatable bonds is 3. The van der Waals surface area contributed by atoms with Gasteiger partial charge in [-0.3, -0.25) is 0 Å². The molecule has 0 radical (unpaired) electrons. The second kappa shape index (κ2) is 5.37. The molecule has 13 heavy (non-hydrogen) atoms. The topological polar surface area (TPSA) is 41.1 Å². The highest BCUT2D eigenvalue weighted by molar-refractivity contribution is 7.99. The van der Waals surface area contributed by atoms with Crippen LogP contribution in [-0.4, -0.2) is 30.1 Å².